The number of piperidine rings is 1. The monoisotopic (exact) mass is 296 g/mol. The van der Waals surface area contributed by atoms with Gasteiger partial charge < -0.3 is 9.42 Å². The zero-order chi connectivity index (χ0) is 15.5. The molecule has 1 unspecified atom stereocenters. The number of aryl methyl sites for hydroxylation is 1. The first-order valence-corrected chi connectivity index (χ1v) is 7.30. The van der Waals surface area contributed by atoms with E-state index in [1.807, 2.05) is 0 Å². The summed E-state index contributed by atoms with van der Waals surface area (Å²) in [4.78, 5) is 18.8. The number of hydrogen-bond acceptors (Lipinski definition) is 5. The van der Waals surface area contributed by atoms with Crippen molar-refractivity contribution in [3.05, 3.63) is 47.1 Å². The largest absolute Gasteiger partial charge is 0.337 e. The highest BCUT2D eigenvalue weighted by Crippen LogP contribution is 2.31. The lowest BCUT2D eigenvalue weighted by Gasteiger charge is -2.33. The van der Waals surface area contributed by atoms with Gasteiger partial charge in [-0.2, -0.15) is 10.2 Å². The van der Waals surface area contributed by atoms with Crippen LogP contribution in [-0.2, 0) is 0 Å². The van der Waals surface area contributed by atoms with Gasteiger partial charge in [0.05, 0.1) is 11.6 Å². The molecular formula is C16H16N4O2. The van der Waals surface area contributed by atoms with Gasteiger partial charge >= 0.3 is 0 Å². The number of aromatic nitrogens is 2. The van der Waals surface area contributed by atoms with Crippen molar-refractivity contribution in [2.45, 2.75) is 32.2 Å². The van der Waals surface area contributed by atoms with E-state index in [2.05, 4.69) is 16.2 Å². The fraction of sp³-hybridized carbons (Fsp3) is 0.375. The van der Waals surface area contributed by atoms with Crippen LogP contribution in [0, 0.1) is 18.3 Å². The highest BCUT2D eigenvalue weighted by molar-refractivity contribution is 5.94. The summed E-state index contributed by atoms with van der Waals surface area (Å²) in [5.74, 6) is 1.01. The fourth-order valence-corrected chi connectivity index (χ4v) is 2.73. The maximum Gasteiger partial charge on any atom is 0.254 e. The number of nitriles is 1. The lowest BCUT2D eigenvalue weighted by molar-refractivity contribution is 0.0561. The van der Waals surface area contributed by atoms with E-state index in [1.165, 1.54) is 0 Å². The quantitative estimate of drug-likeness (QED) is 0.850. The first kappa shape index (κ1) is 14.3. The summed E-state index contributed by atoms with van der Waals surface area (Å²) in [5.41, 5.74) is 1.11. The van der Waals surface area contributed by atoms with Crippen molar-refractivity contribution in [3.8, 4) is 6.07 Å². The molecule has 1 saturated heterocycles. The van der Waals surface area contributed by atoms with Crippen molar-refractivity contribution in [1.82, 2.24) is 15.0 Å². The highest BCUT2D eigenvalue weighted by Gasteiger charge is 2.32. The van der Waals surface area contributed by atoms with Gasteiger partial charge in [0.15, 0.2) is 5.82 Å². The summed E-state index contributed by atoms with van der Waals surface area (Å²) in [6, 6.07) is 8.57. The molecule has 2 heterocycles. The molecule has 1 aliphatic heterocycles. The summed E-state index contributed by atoms with van der Waals surface area (Å²) in [6.45, 7) is 2.44. The van der Waals surface area contributed by atoms with E-state index in [1.54, 1.807) is 36.1 Å². The second-order valence-electron chi connectivity index (χ2n) is 5.38. The predicted molar refractivity (Wildman–Crippen MR) is 77.8 cm³/mol. The van der Waals surface area contributed by atoms with E-state index in [0.717, 1.165) is 19.3 Å². The Hall–Kier alpha value is -2.68. The Labute approximate surface area is 128 Å². The van der Waals surface area contributed by atoms with Crippen molar-refractivity contribution in [1.29, 1.82) is 5.26 Å². The zero-order valence-corrected chi connectivity index (χ0v) is 12.3. The van der Waals surface area contributed by atoms with Crippen molar-refractivity contribution in [2.75, 3.05) is 6.54 Å². The van der Waals surface area contributed by atoms with Gasteiger partial charge in [-0.25, -0.2) is 0 Å². The minimum Gasteiger partial charge on any atom is -0.337 e. The molecule has 22 heavy (non-hydrogen) atoms. The van der Waals surface area contributed by atoms with Crippen molar-refractivity contribution >= 4 is 5.91 Å². The molecule has 1 atom stereocenters. The number of benzene rings is 1. The number of carbonyl (C=O) groups excluding carboxylic acids is 1. The predicted octanol–water partition coefficient (Wildman–Crippen LogP) is 2.62. The van der Waals surface area contributed by atoms with Crippen LogP contribution in [0.5, 0.6) is 0 Å². The maximum atomic E-state index is 12.7. The summed E-state index contributed by atoms with van der Waals surface area (Å²) in [6.07, 6.45) is 2.82. The van der Waals surface area contributed by atoms with Crippen LogP contribution in [0.2, 0.25) is 0 Å². The van der Waals surface area contributed by atoms with E-state index < -0.39 is 0 Å². The molecule has 1 aliphatic rings. The molecule has 0 aliphatic carbocycles. The highest BCUT2D eigenvalue weighted by atomic mass is 16.5. The third-order valence-corrected chi connectivity index (χ3v) is 3.85. The minimum atomic E-state index is -0.168. The Morgan fingerprint density at radius 2 is 2.14 bits per heavy atom. The average molecular weight is 296 g/mol. The molecule has 6 heteroatoms. The molecule has 1 fully saturated rings. The third-order valence-electron chi connectivity index (χ3n) is 3.85. The lowest BCUT2D eigenvalue weighted by Crippen LogP contribution is -2.38. The van der Waals surface area contributed by atoms with Gasteiger partial charge in [0, 0.05) is 12.1 Å². The first-order chi connectivity index (χ1) is 10.7. The van der Waals surface area contributed by atoms with Gasteiger partial charge in [0.25, 0.3) is 5.91 Å². The number of amides is 1. The van der Waals surface area contributed by atoms with Gasteiger partial charge in [-0.15, -0.1) is 0 Å². The van der Waals surface area contributed by atoms with Gasteiger partial charge in [0.1, 0.15) is 6.04 Å². The topological polar surface area (TPSA) is 83.0 Å². The number of carbonyl (C=O) groups is 1. The van der Waals surface area contributed by atoms with E-state index in [-0.39, 0.29) is 11.9 Å². The standard InChI is InChI=1S/C16H16N4O2/c1-11-18-15(22-19-11)14-4-2-3-9-20(14)16(21)13-7-5-12(10-17)6-8-13/h5-8,14H,2-4,9H2,1H3. The molecule has 1 amide bonds. The molecule has 112 valence electrons. The van der Waals surface area contributed by atoms with E-state index in [0.29, 0.717) is 29.4 Å². The summed E-state index contributed by atoms with van der Waals surface area (Å²) in [5, 5.41) is 12.7. The molecular weight excluding hydrogens is 280 g/mol. The molecule has 1 aromatic carbocycles. The third kappa shape index (κ3) is 2.70. The number of likely N-dealkylation sites (tertiary alicyclic amines) is 1. The van der Waals surface area contributed by atoms with Crippen LogP contribution < -0.4 is 0 Å². The normalized spacial score (nSPS) is 18.0. The van der Waals surface area contributed by atoms with Crippen LogP contribution >= 0.6 is 0 Å². The zero-order valence-electron chi connectivity index (χ0n) is 12.3. The fourth-order valence-electron chi connectivity index (χ4n) is 2.73. The Morgan fingerprint density at radius 1 is 1.36 bits per heavy atom. The summed E-state index contributed by atoms with van der Waals surface area (Å²) < 4.78 is 5.26. The first-order valence-electron chi connectivity index (χ1n) is 7.30. The second-order valence-corrected chi connectivity index (χ2v) is 5.38. The van der Waals surface area contributed by atoms with Gasteiger partial charge in [-0.1, -0.05) is 5.16 Å². The van der Waals surface area contributed by atoms with Crippen LogP contribution in [-0.4, -0.2) is 27.5 Å². The molecule has 0 bridgehead atoms. The Morgan fingerprint density at radius 3 is 2.77 bits per heavy atom. The molecule has 1 aromatic heterocycles. The van der Waals surface area contributed by atoms with Gasteiger partial charge in [-0.3, -0.25) is 4.79 Å². The molecule has 0 radical (unpaired) electrons. The smallest absolute Gasteiger partial charge is 0.254 e. The van der Waals surface area contributed by atoms with E-state index >= 15 is 0 Å². The molecule has 0 saturated carbocycles. The van der Waals surface area contributed by atoms with Crippen LogP contribution in [0.4, 0.5) is 0 Å². The van der Waals surface area contributed by atoms with Crippen molar-refractivity contribution in [2.24, 2.45) is 0 Å². The van der Waals surface area contributed by atoms with Crippen molar-refractivity contribution < 1.29 is 9.32 Å². The maximum absolute atomic E-state index is 12.7. The number of rotatable bonds is 2. The Bertz CT molecular complexity index is 714. The van der Waals surface area contributed by atoms with E-state index in [4.69, 9.17) is 9.78 Å². The summed E-state index contributed by atoms with van der Waals surface area (Å²) in [7, 11) is 0. The van der Waals surface area contributed by atoms with Gasteiger partial charge in [0.2, 0.25) is 5.89 Å². The summed E-state index contributed by atoms with van der Waals surface area (Å²) >= 11 is 0. The van der Waals surface area contributed by atoms with Crippen LogP contribution in [0.3, 0.4) is 0 Å². The average Bonchev–Trinajstić information content (AvgIpc) is 3.00. The second kappa shape index (κ2) is 5.98. The SMILES string of the molecule is Cc1noc(C2CCCCN2C(=O)c2ccc(C#N)cc2)n1. The van der Waals surface area contributed by atoms with E-state index in [9.17, 15) is 4.79 Å². The van der Waals surface area contributed by atoms with Crippen LogP contribution in [0.15, 0.2) is 28.8 Å². The number of hydrogen-bond donors (Lipinski definition) is 0. The molecule has 2 aromatic rings. The van der Waals surface area contributed by atoms with Crippen LogP contribution in [0.1, 0.15) is 52.9 Å². The van der Waals surface area contributed by atoms with Crippen molar-refractivity contribution in [3.63, 3.8) is 0 Å². The Balaban J connectivity index is 1.86. The van der Waals surface area contributed by atoms with Crippen LogP contribution in [0.25, 0.3) is 0 Å². The minimum absolute atomic E-state index is 0.0648. The lowest BCUT2D eigenvalue weighted by atomic mass is 10.0. The van der Waals surface area contributed by atoms with Gasteiger partial charge in [-0.05, 0) is 50.5 Å². The molecule has 0 N–H and O–H groups in total. The molecule has 3 rings (SSSR count). The Kier molecular flexibility index (Phi) is 3.88. The number of nitrogens with zero attached hydrogens (tertiary/aromatic N) is 4. The molecule has 6 nitrogen and oxygen atoms in total. The molecule has 0 spiro atoms.